The third kappa shape index (κ3) is 4.85. The monoisotopic (exact) mass is 369 g/mol. The highest BCUT2D eigenvalue weighted by atomic mass is 32.2. The Morgan fingerprint density at radius 1 is 1.20 bits per heavy atom. The normalized spacial score (nSPS) is 16.0. The van der Waals surface area contributed by atoms with E-state index in [1.165, 1.54) is 6.26 Å². The molecule has 2 rings (SSSR count). The van der Waals surface area contributed by atoms with Gasteiger partial charge in [0.05, 0.1) is 4.90 Å². The van der Waals surface area contributed by atoms with Crippen molar-refractivity contribution >= 4 is 21.6 Å². The fourth-order valence-corrected chi connectivity index (χ4v) is 3.82. The Balaban J connectivity index is 2.15. The molecule has 140 valence electrons. The van der Waals surface area contributed by atoms with Gasteiger partial charge in [0, 0.05) is 50.2 Å². The van der Waals surface area contributed by atoms with E-state index in [0.717, 1.165) is 5.69 Å². The quantitative estimate of drug-likeness (QED) is 0.870. The van der Waals surface area contributed by atoms with Crippen LogP contribution in [-0.4, -0.2) is 57.4 Å². The number of anilines is 1. The number of carbonyl (C=O) groups is 1. The topological polar surface area (TPSA) is 92.9 Å². The zero-order chi connectivity index (χ0) is 18.8. The van der Waals surface area contributed by atoms with Crippen LogP contribution in [0.5, 0.6) is 0 Å². The van der Waals surface area contributed by atoms with Crippen molar-refractivity contribution in [3.8, 4) is 0 Å². The zero-order valence-electron chi connectivity index (χ0n) is 15.3. The first-order valence-corrected chi connectivity index (χ1v) is 10.2. The Hall–Kier alpha value is -1.80. The highest BCUT2D eigenvalue weighted by Gasteiger charge is 2.27. The Morgan fingerprint density at radius 2 is 1.80 bits per heavy atom. The van der Waals surface area contributed by atoms with Gasteiger partial charge in [-0.1, -0.05) is 6.07 Å². The summed E-state index contributed by atoms with van der Waals surface area (Å²) in [7, 11) is -3.34. The van der Waals surface area contributed by atoms with E-state index in [-0.39, 0.29) is 17.5 Å². The van der Waals surface area contributed by atoms with Gasteiger partial charge >= 0.3 is 6.09 Å². The number of nitrogens with zero attached hydrogens (tertiary/aromatic N) is 2. The molecule has 0 radical (unpaired) electrons. The number of benzene rings is 1. The number of hydrogen-bond donors (Lipinski definition) is 1. The molecule has 1 aromatic carbocycles. The molecule has 0 bridgehead atoms. The summed E-state index contributed by atoms with van der Waals surface area (Å²) in [5.41, 5.74) is 6.74. The molecule has 1 aromatic rings. The number of rotatable bonds is 3. The number of nitrogens with two attached hydrogens (primary N) is 1. The summed E-state index contributed by atoms with van der Waals surface area (Å²) in [4.78, 5) is 16.2. The lowest BCUT2D eigenvalue weighted by atomic mass is 10.1. The molecule has 1 amide bonds. The van der Waals surface area contributed by atoms with Crippen molar-refractivity contribution in [1.82, 2.24) is 4.90 Å². The fourth-order valence-electron chi connectivity index (χ4n) is 2.86. The van der Waals surface area contributed by atoms with Crippen molar-refractivity contribution in [2.75, 3.05) is 37.3 Å². The molecular formula is C17H27N3O4S. The first-order chi connectivity index (χ1) is 11.5. The molecular weight excluding hydrogens is 342 g/mol. The van der Waals surface area contributed by atoms with Crippen LogP contribution in [0.4, 0.5) is 10.5 Å². The Labute approximate surface area is 149 Å². The molecule has 1 heterocycles. The summed E-state index contributed by atoms with van der Waals surface area (Å²) in [6.45, 7) is 7.88. The first-order valence-electron chi connectivity index (χ1n) is 8.28. The SMILES string of the molecule is CC(C)(C)OC(=O)N1CCN(c2cccc(S(C)(=O)=O)c2CN)CC1. The van der Waals surface area contributed by atoms with Crippen molar-refractivity contribution in [1.29, 1.82) is 0 Å². The predicted molar refractivity (Wildman–Crippen MR) is 97.5 cm³/mol. The number of amides is 1. The van der Waals surface area contributed by atoms with E-state index in [4.69, 9.17) is 10.5 Å². The lowest BCUT2D eigenvalue weighted by Gasteiger charge is -2.37. The molecule has 25 heavy (non-hydrogen) atoms. The van der Waals surface area contributed by atoms with E-state index in [1.54, 1.807) is 17.0 Å². The third-order valence-corrected chi connectivity index (χ3v) is 5.17. The molecule has 1 fully saturated rings. The van der Waals surface area contributed by atoms with Crippen LogP contribution >= 0.6 is 0 Å². The fraction of sp³-hybridized carbons (Fsp3) is 0.588. The Kier molecular flexibility index (Phi) is 5.63. The van der Waals surface area contributed by atoms with E-state index in [9.17, 15) is 13.2 Å². The highest BCUT2D eigenvalue weighted by molar-refractivity contribution is 7.90. The van der Waals surface area contributed by atoms with E-state index in [0.29, 0.717) is 31.7 Å². The molecule has 2 N–H and O–H groups in total. The highest BCUT2D eigenvalue weighted by Crippen LogP contribution is 2.28. The molecule has 7 nitrogen and oxygen atoms in total. The third-order valence-electron chi connectivity index (χ3n) is 3.98. The predicted octanol–water partition coefficient (Wildman–Crippen LogP) is 1.61. The lowest BCUT2D eigenvalue weighted by molar-refractivity contribution is 0.0240. The molecule has 0 spiro atoms. The van der Waals surface area contributed by atoms with Gasteiger partial charge in [-0.2, -0.15) is 0 Å². The van der Waals surface area contributed by atoms with Gasteiger partial charge in [0.2, 0.25) is 0 Å². The smallest absolute Gasteiger partial charge is 0.410 e. The van der Waals surface area contributed by atoms with Crippen LogP contribution in [0.25, 0.3) is 0 Å². The van der Waals surface area contributed by atoms with E-state index in [1.807, 2.05) is 26.8 Å². The van der Waals surface area contributed by atoms with Crippen molar-refractivity contribution in [2.24, 2.45) is 5.73 Å². The van der Waals surface area contributed by atoms with Gasteiger partial charge in [-0.05, 0) is 32.9 Å². The summed E-state index contributed by atoms with van der Waals surface area (Å²) in [6.07, 6.45) is 0.863. The molecule has 1 aliphatic heterocycles. The van der Waals surface area contributed by atoms with Gasteiger partial charge in [0.15, 0.2) is 9.84 Å². The molecule has 0 aromatic heterocycles. The molecule has 8 heteroatoms. The maximum Gasteiger partial charge on any atom is 0.410 e. The number of carbonyl (C=O) groups excluding carboxylic acids is 1. The average molecular weight is 369 g/mol. The van der Waals surface area contributed by atoms with Gasteiger partial charge in [0.1, 0.15) is 5.60 Å². The van der Waals surface area contributed by atoms with E-state index >= 15 is 0 Å². The minimum absolute atomic E-state index is 0.144. The average Bonchev–Trinajstić information content (AvgIpc) is 2.51. The maximum absolute atomic E-state index is 12.2. The summed E-state index contributed by atoms with van der Waals surface area (Å²) >= 11 is 0. The lowest BCUT2D eigenvalue weighted by Crippen LogP contribution is -2.50. The zero-order valence-corrected chi connectivity index (χ0v) is 16.1. The van der Waals surface area contributed by atoms with Gasteiger partial charge in [-0.15, -0.1) is 0 Å². The number of sulfone groups is 1. The van der Waals surface area contributed by atoms with Crippen LogP contribution in [0.1, 0.15) is 26.3 Å². The minimum atomic E-state index is -3.34. The summed E-state index contributed by atoms with van der Waals surface area (Å²) in [5, 5.41) is 0. The van der Waals surface area contributed by atoms with Gasteiger partial charge in [-0.25, -0.2) is 13.2 Å². The van der Waals surface area contributed by atoms with Crippen LogP contribution in [0.2, 0.25) is 0 Å². The van der Waals surface area contributed by atoms with Gasteiger partial charge < -0.3 is 20.3 Å². The summed E-state index contributed by atoms with van der Waals surface area (Å²) in [5.74, 6) is 0. The largest absolute Gasteiger partial charge is 0.444 e. The number of hydrogen-bond acceptors (Lipinski definition) is 6. The van der Waals surface area contributed by atoms with Crippen molar-refractivity contribution in [3.63, 3.8) is 0 Å². The van der Waals surface area contributed by atoms with E-state index < -0.39 is 15.4 Å². The number of piperazine rings is 1. The van der Waals surface area contributed by atoms with E-state index in [2.05, 4.69) is 4.90 Å². The van der Waals surface area contributed by atoms with Gasteiger partial charge in [0.25, 0.3) is 0 Å². The van der Waals surface area contributed by atoms with Crippen molar-refractivity contribution < 1.29 is 17.9 Å². The molecule has 1 aliphatic rings. The van der Waals surface area contributed by atoms with Crippen LogP contribution in [-0.2, 0) is 21.1 Å². The standard InChI is InChI=1S/C17H27N3O4S/c1-17(2,3)24-16(21)20-10-8-19(9-11-20)14-6-5-7-15(13(14)12-18)25(4,22)23/h5-7H,8-12,18H2,1-4H3. The number of ether oxygens (including phenoxy) is 1. The Morgan fingerprint density at radius 3 is 2.28 bits per heavy atom. The molecule has 0 aliphatic carbocycles. The maximum atomic E-state index is 12.2. The van der Waals surface area contributed by atoms with Crippen LogP contribution in [0.15, 0.2) is 23.1 Å². The minimum Gasteiger partial charge on any atom is -0.444 e. The summed E-state index contributed by atoms with van der Waals surface area (Å²) in [6, 6.07) is 5.18. The second-order valence-corrected chi connectivity index (χ2v) is 9.17. The second kappa shape index (κ2) is 7.21. The van der Waals surface area contributed by atoms with Crippen molar-refractivity contribution in [2.45, 2.75) is 37.8 Å². The summed E-state index contributed by atoms with van der Waals surface area (Å²) < 4.78 is 29.4. The first kappa shape index (κ1) is 19.5. The Bertz CT molecular complexity index is 733. The second-order valence-electron chi connectivity index (χ2n) is 7.18. The van der Waals surface area contributed by atoms with Gasteiger partial charge in [-0.3, -0.25) is 0 Å². The molecule has 0 unspecified atom stereocenters. The van der Waals surface area contributed by atoms with Crippen LogP contribution in [0, 0.1) is 0 Å². The van der Waals surface area contributed by atoms with Crippen molar-refractivity contribution in [3.05, 3.63) is 23.8 Å². The molecule has 1 saturated heterocycles. The van der Waals surface area contributed by atoms with Crippen LogP contribution < -0.4 is 10.6 Å². The van der Waals surface area contributed by atoms with Crippen LogP contribution in [0.3, 0.4) is 0 Å². The molecule has 0 saturated carbocycles. The molecule has 0 atom stereocenters.